The van der Waals surface area contributed by atoms with Crippen LogP contribution in [0.15, 0.2) is 82.8 Å². The number of sulfonamides is 1. The van der Waals surface area contributed by atoms with Gasteiger partial charge in [0.1, 0.15) is 0 Å². The lowest BCUT2D eigenvalue weighted by molar-refractivity contribution is -0.113. The number of thioether (sulfide) groups is 1. The van der Waals surface area contributed by atoms with Crippen molar-refractivity contribution in [1.29, 1.82) is 0 Å². The number of rotatable bonds is 7. The summed E-state index contributed by atoms with van der Waals surface area (Å²) in [6.45, 7) is 1.71. The molecule has 0 unspecified atom stereocenters. The second-order valence-corrected chi connectivity index (χ2v) is 9.88. The molecule has 9 heteroatoms. The molecular formula is C23H22N4O3S2. The van der Waals surface area contributed by atoms with E-state index in [1.807, 2.05) is 59.2 Å². The summed E-state index contributed by atoms with van der Waals surface area (Å²) in [5.41, 5.74) is 3.79. The van der Waals surface area contributed by atoms with Gasteiger partial charge in [-0.3, -0.25) is 9.36 Å². The van der Waals surface area contributed by atoms with E-state index in [1.54, 1.807) is 19.1 Å². The summed E-state index contributed by atoms with van der Waals surface area (Å²) in [5, 5.41) is 3.48. The Balaban J connectivity index is 1.55. The molecule has 0 aliphatic rings. The highest BCUT2D eigenvalue weighted by atomic mass is 32.2. The third kappa shape index (κ3) is 4.55. The monoisotopic (exact) mass is 466 g/mol. The standard InChI is InChI=1S/C23H22N4O3S2/c1-16-12-13-17(14-21(16)32(29,30)24-2)25-22(28)15-31-23-26-19-10-6-7-11-20(19)27(23)18-8-4-3-5-9-18/h3-14,24H,15H2,1-2H3,(H,25,28). The highest BCUT2D eigenvalue weighted by Gasteiger charge is 2.17. The normalized spacial score (nSPS) is 11.6. The van der Waals surface area contributed by atoms with Gasteiger partial charge in [-0.25, -0.2) is 18.1 Å². The van der Waals surface area contributed by atoms with Crippen LogP contribution in [0.3, 0.4) is 0 Å². The Hall–Kier alpha value is -3.14. The van der Waals surface area contributed by atoms with Crippen LogP contribution in [0.1, 0.15) is 5.56 Å². The Kier molecular flexibility index (Phi) is 6.31. The minimum Gasteiger partial charge on any atom is -0.325 e. The van der Waals surface area contributed by atoms with Crippen molar-refractivity contribution in [2.24, 2.45) is 0 Å². The van der Waals surface area contributed by atoms with Crippen LogP contribution in [0, 0.1) is 6.92 Å². The number of benzene rings is 3. The molecule has 0 bridgehead atoms. The van der Waals surface area contributed by atoms with E-state index in [0.29, 0.717) is 16.4 Å². The van der Waals surface area contributed by atoms with Gasteiger partial charge in [0, 0.05) is 11.4 Å². The van der Waals surface area contributed by atoms with E-state index in [2.05, 4.69) is 10.0 Å². The van der Waals surface area contributed by atoms with Crippen molar-refractivity contribution in [3.63, 3.8) is 0 Å². The van der Waals surface area contributed by atoms with Gasteiger partial charge in [-0.15, -0.1) is 0 Å². The maximum Gasteiger partial charge on any atom is 0.240 e. The van der Waals surface area contributed by atoms with Gasteiger partial charge in [0.15, 0.2) is 5.16 Å². The Morgan fingerprint density at radius 3 is 2.50 bits per heavy atom. The van der Waals surface area contributed by atoms with Crippen molar-refractivity contribution in [1.82, 2.24) is 14.3 Å². The van der Waals surface area contributed by atoms with E-state index in [0.717, 1.165) is 16.7 Å². The molecule has 3 aromatic carbocycles. The second kappa shape index (κ2) is 9.15. The van der Waals surface area contributed by atoms with Crippen LogP contribution in [0.5, 0.6) is 0 Å². The second-order valence-electron chi connectivity index (χ2n) is 7.08. The van der Waals surface area contributed by atoms with E-state index in [9.17, 15) is 13.2 Å². The van der Waals surface area contributed by atoms with E-state index in [1.165, 1.54) is 24.9 Å². The van der Waals surface area contributed by atoms with Crippen molar-refractivity contribution in [3.05, 3.63) is 78.4 Å². The highest BCUT2D eigenvalue weighted by molar-refractivity contribution is 7.99. The van der Waals surface area contributed by atoms with Gasteiger partial charge in [-0.1, -0.05) is 48.2 Å². The summed E-state index contributed by atoms with van der Waals surface area (Å²) in [6.07, 6.45) is 0. The van der Waals surface area contributed by atoms with Crippen molar-refractivity contribution in [2.45, 2.75) is 17.0 Å². The largest absolute Gasteiger partial charge is 0.325 e. The SMILES string of the molecule is CNS(=O)(=O)c1cc(NC(=O)CSc2nc3ccccc3n2-c2ccccc2)ccc1C. The summed E-state index contributed by atoms with van der Waals surface area (Å²) < 4.78 is 28.7. The van der Waals surface area contributed by atoms with Crippen LogP contribution in [-0.4, -0.2) is 36.7 Å². The first kappa shape index (κ1) is 22.1. The fourth-order valence-corrected chi connectivity index (χ4v) is 5.15. The van der Waals surface area contributed by atoms with Crippen LogP contribution < -0.4 is 10.0 Å². The summed E-state index contributed by atoms with van der Waals surface area (Å²) in [5.74, 6) is -0.128. The highest BCUT2D eigenvalue weighted by Crippen LogP contribution is 2.28. The van der Waals surface area contributed by atoms with Crippen LogP contribution in [-0.2, 0) is 14.8 Å². The number of fused-ring (bicyclic) bond motifs is 1. The summed E-state index contributed by atoms with van der Waals surface area (Å²) in [6, 6.07) is 22.5. The fraction of sp³-hybridized carbons (Fsp3) is 0.130. The number of nitrogens with one attached hydrogen (secondary N) is 2. The summed E-state index contributed by atoms with van der Waals surface area (Å²) in [7, 11) is -2.26. The number of carbonyl (C=O) groups is 1. The maximum absolute atomic E-state index is 12.6. The minimum atomic E-state index is -3.61. The Labute approximate surface area is 190 Å². The average molecular weight is 467 g/mol. The average Bonchev–Trinajstić information content (AvgIpc) is 3.18. The molecule has 164 valence electrons. The van der Waals surface area contributed by atoms with E-state index >= 15 is 0 Å². The molecule has 32 heavy (non-hydrogen) atoms. The zero-order chi connectivity index (χ0) is 22.7. The van der Waals surface area contributed by atoms with Gasteiger partial charge in [-0.05, 0) is 55.9 Å². The summed E-state index contributed by atoms with van der Waals surface area (Å²) >= 11 is 1.32. The van der Waals surface area contributed by atoms with Crippen LogP contribution in [0.25, 0.3) is 16.7 Å². The molecule has 1 amide bonds. The molecule has 1 heterocycles. The topological polar surface area (TPSA) is 93.1 Å². The predicted molar refractivity (Wildman–Crippen MR) is 128 cm³/mol. The zero-order valence-electron chi connectivity index (χ0n) is 17.6. The van der Waals surface area contributed by atoms with Gasteiger partial charge < -0.3 is 5.32 Å². The van der Waals surface area contributed by atoms with E-state index in [-0.39, 0.29) is 16.6 Å². The number of hydrogen-bond acceptors (Lipinski definition) is 5. The Bertz CT molecular complexity index is 1380. The number of aryl methyl sites for hydroxylation is 1. The Morgan fingerprint density at radius 1 is 1.03 bits per heavy atom. The number of amides is 1. The molecule has 0 saturated heterocycles. The molecule has 4 aromatic rings. The molecule has 0 saturated carbocycles. The molecular weight excluding hydrogens is 444 g/mol. The molecule has 4 rings (SSSR count). The van der Waals surface area contributed by atoms with Crippen molar-refractivity contribution in [2.75, 3.05) is 18.1 Å². The first-order chi connectivity index (χ1) is 15.4. The maximum atomic E-state index is 12.6. The fourth-order valence-electron chi connectivity index (χ4n) is 3.33. The third-order valence-corrected chi connectivity index (χ3v) is 7.40. The summed E-state index contributed by atoms with van der Waals surface area (Å²) in [4.78, 5) is 17.5. The minimum absolute atomic E-state index is 0.123. The van der Waals surface area contributed by atoms with E-state index < -0.39 is 10.0 Å². The van der Waals surface area contributed by atoms with Gasteiger partial charge in [0.2, 0.25) is 15.9 Å². The van der Waals surface area contributed by atoms with Gasteiger partial charge in [0.05, 0.1) is 21.7 Å². The molecule has 0 spiro atoms. The number of imidazole rings is 1. The van der Waals surface area contributed by atoms with E-state index in [4.69, 9.17) is 4.98 Å². The lowest BCUT2D eigenvalue weighted by Gasteiger charge is -2.11. The number of aromatic nitrogens is 2. The quantitative estimate of drug-likeness (QED) is 0.402. The molecule has 0 aliphatic carbocycles. The molecule has 1 aromatic heterocycles. The van der Waals surface area contributed by atoms with Crippen LogP contribution in [0.4, 0.5) is 5.69 Å². The van der Waals surface area contributed by atoms with Crippen LogP contribution in [0.2, 0.25) is 0 Å². The molecule has 2 N–H and O–H groups in total. The van der Waals surface area contributed by atoms with Gasteiger partial charge in [0.25, 0.3) is 0 Å². The van der Waals surface area contributed by atoms with Crippen molar-refractivity contribution in [3.8, 4) is 5.69 Å². The number of nitrogens with zero attached hydrogens (tertiary/aromatic N) is 2. The Morgan fingerprint density at radius 2 is 1.75 bits per heavy atom. The number of para-hydroxylation sites is 3. The first-order valence-electron chi connectivity index (χ1n) is 9.89. The lowest BCUT2D eigenvalue weighted by atomic mass is 10.2. The molecule has 0 atom stereocenters. The van der Waals surface area contributed by atoms with Crippen LogP contribution >= 0.6 is 11.8 Å². The lowest BCUT2D eigenvalue weighted by Crippen LogP contribution is -2.20. The smallest absolute Gasteiger partial charge is 0.240 e. The molecule has 0 fully saturated rings. The van der Waals surface area contributed by atoms with Gasteiger partial charge >= 0.3 is 0 Å². The number of hydrogen-bond donors (Lipinski definition) is 2. The van der Waals surface area contributed by atoms with Crippen molar-refractivity contribution >= 4 is 44.4 Å². The first-order valence-corrected chi connectivity index (χ1v) is 12.4. The molecule has 0 radical (unpaired) electrons. The number of anilines is 1. The van der Waals surface area contributed by atoms with Crippen molar-refractivity contribution < 1.29 is 13.2 Å². The predicted octanol–water partition coefficient (Wildman–Crippen LogP) is 3.97. The molecule has 7 nitrogen and oxygen atoms in total. The zero-order valence-corrected chi connectivity index (χ0v) is 19.2. The molecule has 0 aliphatic heterocycles. The third-order valence-electron chi connectivity index (χ3n) is 4.91. The number of carbonyl (C=O) groups excluding carboxylic acids is 1. The van der Waals surface area contributed by atoms with Gasteiger partial charge in [-0.2, -0.15) is 0 Å².